The van der Waals surface area contributed by atoms with Gasteiger partial charge < -0.3 is 10.6 Å². The van der Waals surface area contributed by atoms with Gasteiger partial charge in [-0.05, 0) is 31.0 Å². The Bertz CT molecular complexity index is 459. The maximum Gasteiger partial charge on any atom is 0.416 e. The molecule has 1 heterocycles. The van der Waals surface area contributed by atoms with Gasteiger partial charge in [0.15, 0.2) is 0 Å². The van der Waals surface area contributed by atoms with Crippen LogP contribution in [0.1, 0.15) is 24.8 Å². The lowest BCUT2D eigenvalue weighted by Crippen LogP contribution is -2.26. The quantitative estimate of drug-likeness (QED) is 0.869. The smallest absolute Gasteiger partial charge is 0.382 e. The van der Waals surface area contributed by atoms with Crippen molar-refractivity contribution in [3.05, 3.63) is 29.8 Å². The average Bonchev–Trinajstić information content (AvgIpc) is 2.53. The number of halogens is 3. The molecule has 1 unspecified atom stereocenters. The van der Waals surface area contributed by atoms with Crippen molar-refractivity contribution in [3.63, 3.8) is 0 Å². The topological polar surface area (TPSA) is 41.1 Å². The van der Waals surface area contributed by atoms with Crippen molar-refractivity contribution in [2.24, 2.45) is 0 Å². The Kier molecular flexibility index (Phi) is 3.97. The third kappa shape index (κ3) is 3.87. The van der Waals surface area contributed by atoms with E-state index >= 15 is 0 Å². The van der Waals surface area contributed by atoms with E-state index in [9.17, 15) is 18.0 Å². The van der Waals surface area contributed by atoms with E-state index in [4.69, 9.17) is 0 Å². The lowest BCUT2D eigenvalue weighted by Gasteiger charge is -2.17. The average molecular weight is 272 g/mol. The van der Waals surface area contributed by atoms with Crippen LogP contribution in [0.5, 0.6) is 0 Å². The Morgan fingerprint density at radius 1 is 1.32 bits per heavy atom. The molecule has 1 amide bonds. The predicted octanol–water partition coefficient (Wildman–Crippen LogP) is 2.79. The Morgan fingerprint density at radius 2 is 2.11 bits per heavy atom. The van der Waals surface area contributed by atoms with E-state index < -0.39 is 11.7 Å². The molecule has 2 N–H and O–H groups in total. The molecule has 0 radical (unpaired) electrons. The van der Waals surface area contributed by atoms with Crippen LogP contribution >= 0.6 is 0 Å². The normalized spacial score (nSPS) is 20.6. The van der Waals surface area contributed by atoms with Crippen molar-refractivity contribution in [2.75, 3.05) is 11.9 Å². The zero-order valence-corrected chi connectivity index (χ0v) is 10.3. The number of carbonyl (C=O) groups is 1. The lowest BCUT2D eigenvalue weighted by atomic mass is 10.1. The van der Waals surface area contributed by atoms with Crippen LogP contribution in [0.4, 0.5) is 18.9 Å². The minimum atomic E-state index is -4.35. The third-order valence-corrected chi connectivity index (χ3v) is 3.04. The maximum absolute atomic E-state index is 12.6. The van der Waals surface area contributed by atoms with Crippen LogP contribution in [0.2, 0.25) is 0 Å². The van der Waals surface area contributed by atoms with Crippen LogP contribution in [0, 0.1) is 0 Å². The maximum atomic E-state index is 12.6. The lowest BCUT2D eigenvalue weighted by molar-refractivity contribution is -0.137. The van der Waals surface area contributed by atoms with Gasteiger partial charge in [0.05, 0.1) is 5.56 Å². The fourth-order valence-electron chi connectivity index (χ4n) is 2.12. The van der Waals surface area contributed by atoms with Crippen molar-refractivity contribution in [2.45, 2.75) is 31.5 Å². The van der Waals surface area contributed by atoms with E-state index in [-0.39, 0.29) is 18.4 Å². The zero-order valence-electron chi connectivity index (χ0n) is 10.3. The molecule has 1 aromatic rings. The van der Waals surface area contributed by atoms with Crippen molar-refractivity contribution in [1.82, 2.24) is 5.32 Å². The summed E-state index contributed by atoms with van der Waals surface area (Å²) in [4.78, 5) is 11.4. The first-order valence-corrected chi connectivity index (χ1v) is 6.15. The fraction of sp³-hybridized carbons (Fsp3) is 0.462. The Morgan fingerprint density at radius 3 is 2.84 bits per heavy atom. The monoisotopic (exact) mass is 272 g/mol. The Balaban J connectivity index is 2.08. The molecule has 6 heteroatoms. The first-order chi connectivity index (χ1) is 8.95. The summed E-state index contributed by atoms with van der Waals surface area (Å²) < 4.78 is 37.7. The second-order valence-corrected chi connectivity index (χ2v) is 4.62. The second kappa shape index (κ2) is 5.50. The summed E-state index contributed by atoms with van der Waals surface area (Å²) in [6.07, 6.45) is -2.48. The molecule has 1 aliphatic rings. The van der Waals surface area contributed by atoms with Crippen LogP contribution in [0.15, 0.2) is 24.3 Å². The summed E-state index contributed by atoms with van der Waals surface area (Å²) in [6, 6.07) is 4.93. The minimum absolute atomic E-state index is 0.0676. The summed E-state index contributed by atoms with van der Waals surface area (Å²) in [6.45, 7) is 0.625. The molecule has 1 atom stereocenters. The van der Waals surface area contributed by atoms with Gasteiger partial charge in [-0.2, -0.15) is 13.2 Å². The molecule has 1 saturated heterocycles. The van der Waals surface area contributed by atoms with Gasteiger partial charge in [-0.3, -0.25) is 4.79 Å². The largest absolute Gasteiger partial charge is 0.416 e. The third-order valence-electron chi connectivity index (χ3n) is 3.04. The van der Waals surface area contributed by atoms with Gasteiger partial charge in [-0.1, -0.05) is 6.07 Å². The summed E-state index contributed by atoms with van der Waals surface area (Å²) >= 11 is 0. The van der Waals surface area contributed by atoms with Gasteiger partial charge in [0.25, 0.3) is 0 Å². The molecule has 19 heavy (non-hydrogen) atoms. The van der Waals surface area contributed by atoms with Crippen LogP contribution in [0.25, 0.3) is 0 Å². The summed E-state index contributed by atoms with van der Waals surface area (Å²) in [7, 11) is 0. The van der Waals surface area contributed by atoms with Crippen LogP contribution < -0.4 is 10.6 Å². The number of anilines is 1. The Labute approximate surface area is 109 Å². The predicted molar refractivity (Wildman–Crippen MR) is 65.7 cm³/mol. The molecule has 2 rings (SSSR count). The number of benzene rings is 1. The number of amides is 1. The molecule has 1 aliphatic heterocycles. The zero-order chi connectivity index (χ0) is 13.9. The van der Waals surface area contributed by atoms with E-state index in [2.05, 4.69) is 10.6 Å². The number of hydrogen-bond acceptors (Lipinski definition) is 2. The second-order valence-electron chi connectivity index (χ2n) is 4.62. The van der Waals surface area contributed by atoms with E-state index in [1.165, 1.54) is 6.07 Å². The highest BCUT2D eigenvalue weighted by Crippen LogP contribution is 2.31. The Hall–Kier alpha value is -1.72. The first-order valence-electron chi connectivity index (χ1n) is 6.15. The van der Waals surface area contributed by atoms with E-state index in [0.717, 1.165) is 25.0 Å². The van der Waals surface area contributed by atoms with E-state index in [0.29, 0.717) is 12.2 Å². The van der Waals surface area contributed by atoms with E-state index in [1.807, 2.05) is 0 Å². The molecule has 0 bridgehead atoms. The fourth-order valence-corrected chi connectivity index (χ4v) is 2.12. The molecular weight excluding hydrogens is 257 g/mol. The molecule has 0 aromatic heterocycles. The van der Waals surface area contributed by atoms with Crippen molar-refractivity contribution in [3.8, 4) is 0 Å². The summed E-state index contributed by atoms with van der Waals surface area (Å²) in [5.41, 5.74) is -0.287. The van der Waals surface area contributed by atoms with Crippen LogP contribution in [-0.2, 0) is 11.0 Å². The highest BCUT2D eigenvalue weighted by molar-refractivity contribution is 5.77. The highest BCUT2D eigenvalue weighted by atomic mass is 19.4. The number of carbonyl (C=O) groups excluding carboxylic acids is 1. The van der Waals surface area contributed by atoms with Gasteiger partial charge in [0.2, 0.25) is 5.91 Å². The van der Waals surface area contributed by atoms with Gasteiger partial charge in [0.1, 0.15) is 0 Å². The van der Waals surface area contributed by atoms with Crippen molar-refractivity contribution >= 4 is 11.6 Å². The molecule has 0 spiro atoms. The van der Waals surface area contributed by atoms with Gasteiger partial charge in [-0.25, -0.2) is 0 Å². The van der Waals surface area contributed by atoms with Crippen molar-refractivity contribution in [1.29, 1.82) is 0 Å². The number of hydrogen-bond donors (Lipinski definition) is 2. The highest BCUT2D eigenvalue weighted by Gasteiger charge is 2.30. The van der Waals surface area contributed by atoms with Crippen LogP contribution in [0.3, 0.4) is 0 Å². The number of rotatable bonds is 2. The molecule has 1 aromatic carbocycles. The first kappa shape index (κ1) is 13.7. The standard InChI is InChI=1S/C13H15F3N2O/c14-13(15,16)9-3-1-4-10(7-9)18-11-5-2-6-17-12(19)8-11/h1,3-4,7,11,18H,2,5-6,8H2,(H,17,19). The van der Waals surface area contributed by atoms with E-state index in [1.54, 1.807) is 6.07 Å². The number of alkyl halides is 3. The summed E-state index contributed by atoms with van der Waals surface area (Å²) in [5, 5.41) is 5.74. The summed E-state index contributed by atoms with van der Waals surface area (Å²) in [5.74, 6) is -0.0676. The molecule has 1 fully saturated rings. The SMILES string of the molecule is O=C1CC(Nc2cccc(C(F)(F)F)c2)CCCN1. The molecule has 0 aliphatic carbocycles. The van der Waals surface area contributed by atoms with Gasteiger partial charge in [0, 0.05) is 24.7 Å². The molecule has 0 saturated carbocycles. The van der Waals surface area contributed by atoms with Crippen LogP contribution in [-0.4, -0.2) is 18.5 Å². The molecule has 3 nitrogen and oxygen atoms in total. The van der Waals surface area contributed by atoms with Gasteiger partial charge in [-0.15, -0.1) is 0 Å². The number of nitrogens with one attached hydrogen (secondary N) is 2. The molecule has 104 valence electrons. The minimum Gasteiger partial charge on any atom is -0.382 e. The van der Waals surface area contributed by atoms with Gasteiger partial charge >= 0.3 is 6.18 Å². The molecular formula is C13H15F3N2O. The van der Waals surface area contributed by atoms with Crippen molar-refractivity contribution < 1.29 is 18.0 Å².